The molecule has 5 heteroatoms. The van der Waals surface area contributed by atoms with E-state index in [-0.39, 0.29) is 17.2 Å². The van der Waals surface area contributed by atoms with E-state index < -0.39 is 5.97 Å². The fourth-order valence-corrected chi connectivity index (χ4v) is 0.951. The van der Waals surface area contributed by atoms with Gasteiger partial charge in [-0.05, 0) is 25.1 Å². The molecule has 0 saturated heterocycles. The Kier molecular flexibility index (Phi) is 3.28. The van der Waals surface area contributed by atoms with E-state index >= 15 is 0 Å². The lowest BCUT2D eigenvalue weighted by Gasteiger charge is -1.93. The van der Waals surface area contributed by atoms with Gasteiger partial charge in [0.25, 0.3) is 5.91 Å². The molecule has 1 aromatic rings. The molecule has 1 aromatic heterocycles. The Bertz CT molecular complexity index is 417. The van der Waals surface area contributed by atoms with E-state index in [2.05, 4.69) is 5.32 Å². The zero-order valence-electron chi connectivity index (χ0n) is 8.40. The zero-order valence-corrected chi connectivity index (χ0v) is 8.40. The van der Waals surface area contributed by atoms with E-state index in [0.29, 0.717) is 5.76 Å². The number of rotatable bonds is 3. The van der Waals surface area contributed by atoms with Crippen LogP contribution in [0.2, 0.25) is 0 Å². The Morgan fingerprint density at radius 1 is 1.47 bits per heavy atom. The minimum Gasteiger partial charge on any atom is -0.478 e. The van der Waals surface area contributed by atoms with Crippen LogP contribution < -0.4 is 5.32 Å². The lowest BCUT2D eigenvalue weighted by molar-refractivity contribution is -0.132. The van der Waals surface area contributed by atoms with Crippen LogP contribution in [0.25, 0.3) is 6.08 Å². The van der Waals surface area contributed by atoms with Gasteiger partial charge in [-0.15, -0.1) is 0 Å². The van der Waals surface area contributed by atoms with Crippen LogP contribution in [0.15, 0.2) is 22.1 Å². The number of carbonyl (C=O) groups is 2. The predicted octanol–water partition coefficient (Wildman–Crippen LogP) is 1.13. The minimum absolute atomic E-state index is 0.146. The summed E-state index contributed by atoms with van der Waals surface area (Å²) in [6.07, 6.45) is 1.36. The van der Waals surface area contributed by atoms with Gasteiger partial charge in [0.2, 0.25) is 0 Å². The maximum Gasteiger partial charge on any atom is 0.331 e. The number of amides is 1. The summed E-state index contributed by atoms with van der Waals surface area (Å²) in [5.74, 6) is -0.869. The largest absolute Gasteiger partial charge is 0.478 e. The van der Waals surface area contributed by atoms with Crippen LogP contribution in [0.3, 0.4) is 0 Å². The molecule has 5 nitrogen and oxygen atoms in total. The smallest absolute Gasteiger partial charge is 0.331 e. The average Bonchev–Trinajstić information content (AvgIpc) is 2.65. The van der Waals surface area contributed by atoms with E-state index in [0.717, 1.165) is 0 Å². The van der Waals surface area contributed by atoms with Crippen molar-refractivity contribution in [1.82, 2.24) is 5.32 Å². The first-order chi connectivity index (χ1) is 7.04. The Labute approximate surface area is 86.4 Å². The summed E-state index contributed by atoms with van der Waals surface area (Å²) < 4.78 is 5.11. The van der Waals surface area contributed by atoms with Gasteiger partial charge in [0.1, 0.15) is 5.76 Å². The molecule has 0 aliphatic rings. The number of carbonyl (C=O) groups excluding carboxylic acids is 1. The number of nitrogens with one attached hydrogen (secondary N) is 1. The molecule has 0 unspecified atom stereocenters. The van der Waals surface area contributed by atoms with Crippen LogP contribution in [0, 0.1) is 0 Å². The van der Waals surface area contributed by atoms with Gasteiger partial charge in [0.15, 0.2) is 5.76 Å². The second kappa shape index (κ2) is 4.45. The van der Waals surface area contributed by atoms with Crippen LogP contribution in [-0.4, -0.2) is 24.0 Å². The summed E-state index contributed by atoms with van der Waals surface area (Å²) in [4.78, 5) is 21.6. The monoisotopic (exact) mass is 209 g/mol. The molecule has 0 bridgehead atoms. The average molecular weight is 209 g/mol. The standard InChI is InChI=1S/C10H11NO4/c1-6(10(13)14)5-7-3-4-8(15-7)9(12)11-2/h3-5H,1-2H3,(H,11,12)(H,13,14). The van der Waals surface area contributed by atoms with E-state index in [1.165, 1.54) is 32.2 Å². The van der Waals surface area contributed by atoms with Gasteiger partial charge < -0.3 is 14.8 Å². The molecule has 0 spiro atoms. The fourth-order valence-electron chi connectivity index (χ4n) is 0.951. The highest BCUT2D eigenvalue weighted by Gasteiger charge is 2.08. The molecule has 0 atom stereocenters. The number of carboxylic acids is 1. The topological polar surface area (TPSA) is 79.5 Å². The third-order valence-corrected chi connectivity index (χ3v) is 1.77. The highest BCUT2D eigenvalue weighted by molar-refractivity contribution is 5.93. The molecule has 0 aliphatic carbocycles. The molecule has 80 valence electrons. The number of hydrogen-bond acceptors (Lipinski definition) is 3. The molecule has 0 fully saturated rings. The van der Waals surface area contributed by atoms with Crippen molar-refractivity contribution in [2.45, 2.75) is 6.92 Å². The Morgan fingerprint density at radius 2 is 2.13 bits per heavy atom. The van der Waals surface area contributed by atoms with E-state index in [9.17, 15) is 9.59 Å². The van der Waals surface area contributed by atoms with Gasteiger partial charge in [-0.2, -0.15) is 0 Å². The molecule has 2 N–H and O–H groups in total. The predicted molar refractivity (Wildman–Crippen MR) is 53.4 cm³/mol. The molecular formula is C10H11NO4. The van der Waals surface area contributed by atoms with E-state index in [1.807, 2.05) is 0 Å². The highest BCUT2D eigenvalue weighted by Crippen LogP contribution is 2.11. The van der Waals surface area contributed by atoms with Gasteiger partial charge in [-0.1, -0.05) is 0 Å². The number of furan rings is 1. The third-order valence-electron chi connectivity index (χ3n) is 1.77. The summed E-state index contributed by atoms with van der Waals surface area (Å²) in [5, 5.41) is 11.0. The molecule has 0 aliphatic heterocycles. The maximum absolute atomic E-state index is 11.1. The summed E-state index contributed by atoms with van der Waals surface area (Å²) in [6.45, 7) is 1.45. The minimum atomic E-state index is -1.02. The quantitative estimate of drug-likeness (QED) is 0.731. The fraction of sp³-hybridized carbons (Fsp3) is 0.200. The van der Waals surface area contributed by atoms with Gasteiger partial charge in [-0.3, -0.25) is 4.79 Å². The number of aliphatic carboxylic acids is 1. The van der Waals surface area contributed by atoms with E-state index in [1.54, 1.807) is 0 Å². The van der Waals surface area contributed by atoms with Crippen LogP contribution in [0.1, 0.15) is 23.2 Å². The van der Waals surface area contributed by atoms with Crippen molar-refractivity contribution in [3.05, 3.63) is 29.2 Å². The molecular weight excluding hydrogens is 198 g/mol. The number of carboxylic acid groups (broad SMARTS) is 1. The molecule has 1 amide bonds. The summed E-state index contributed by atoms with van der Waals surface area (Å²) in [6, 6.07) is 3.02. The van der Waals surface area contributed by atoms with Gasteiger partial charge in [0, 0.05) is 12.6 Å². The normalized spacial score (nSPS) is 11.2. The zero-order chi connectivity index (χ0) is 11.4. The van der Waals surface area contributed by atoms with Crippen molar-refractivity contribution in [2.75, 3.05) is 7.05 Å². The third kappa shape index (κ3) is 2.70. The van der Waals surface area contributed by atoms with Crippen molar-refractivity contribution in [3.63, 3.8) is 0 Å². The van der Waals surface area contributed by atoms with Gasteiger partial charge in [0.05, 0.1) is 0 Å². The first-order valence-corrected chi connectivity index (χ1v) is 4.28. The van der Waals surface area contributed by atoms with Crippen molar-refractivity contribution in [2.24, 2.45) is 0 Å². The molecule has 0 aromatic carbocycles. The summed E-state index contributed by atoms with van der Waals surface area (Å²) in [7, 11) is 1.49. The Balaban J connectivity index is 2.90. The summed E-state index contributed by atoms with van der Waals surface area (Å²) >= 11 is 0. The molecule has 1 heterocycles. The lowest BCUT2D eigenvalue weighted by Crippen LogP contribution is -2.16. The van der Waals surface area contributed by atoms with Crippen molar-refractivity contribution < 1.29 is 19.1 Å². The molecule has 1 rings (SSSR count). The molecule has 15 heavy (non-hydrogen) atoms. The SMILES string of the molecule is CNC(=O)c1ccc(C=C(C)C(=O)O)o1. The first kappa shape index (κ1) is 11.0. The Hall–Kier alpha value is -2.04. The van der Waals surface area contributed by atoms with Gasteiger partial charge in [-0.25, -0.2) is 4.79 Å². The highest BCUT2D eigenvalue weighted by atomic mass is 16.4. The second-order valence-electron chi connectivity index (χ2n) is 2.91. The van der Waals surface area contributed by atoms with Crippen LogP contribution in [-0.2, 0) is 4.79 Å². The van der Waals surface area contributed by atoms with E-state index in [4.69, 9.17) is 9.52 Å². The Morgan fingerprint density at radius 3 is 2.67 bits per heavy atom. The number of hydrogen-bond donors (Lipinski definition) is 2. The van der Waals surface area contributed by atoms with Crippen molar-refractivity contribution in [3.8, 4) is 0 Å². The second-order valence-corrected chi connectivity index (χ2v) is 2.91. The first-order valence-electron chi connectivity index (χ1n) is 4.28. The van der Waals surface area contributed by atoms with Crippen LogP contribution in [0.4, 0.5) is 0 Å². The van der Waals surface area contributed by atoms with Gasteiger partial charge >= 0.3 is 5.97 Å². The van der Waals surface area contributed by atoms with Crippen molar-refractivity contribution >= 4 is 18.0 Å². The maximum atomic E-state index is 11.1. The lowest BCUT2D eigenvalue weighted by atomic mass is 10.2. The van der Waals surface area contributed by atoms with Crippen LogP contribution in [0.5, 0.6) is 0 Å². The molecule has 0 radical (unpaired) electrons. The van der Waals surface area contributed by atoms with Crippen molar-refractivity contribution in [1.29, 1.82) is 0 Å². The summed E-state index contributed by atoms with van der Waals surface area (Å²) in [5.41, 5.74) is 0.146. The molecule has 0 saturated carbocycles. The van der Waals surface area contributed by atoms with Crippen LogP contribution >= 0.6 is 0 Å².